The lowest BCUT2D eigenvalue weighted by Crippen LogP contribution is -2.51. The average Bonchev–Trinajstić information content (AvgIpc) is 2.93. The molecule has 0 aromatic heterocycles. The minimum atomic E-state index is -0.936. The van der Waals surface area contributed by atoms with Crippen LogP contribution in [0.1, 0.15) is 26.2 Å². The summed E-state index contributed by atoms with van der Waals surface area (Å²) in [7, 11) is 0. The van der Waals surface area contributed by atoms with Crippen LogP contribution in [0.15, 0.2) is 0 Å². The number of aliphatic hydroxyl groups is 1. The zero-order chi connectivity index (χ0) is 13.3. The molecule has 3 unspecified atom stereocenters. The Labute approximate surface area is 106 Å². The topological polar surface area (TPSA) is 81.1 Å². The standard InChI is InChI=1S/C12H20N2O4/c1-8-4-6-14(10(8)7-15)12(18)13-5-2-3-9(13)11(16)17/h8-10,15H,2-7H2,1H3,(H,16,17). The van der Waals surface area contributed by atoms with E-state index in [1.54, 1.807) is 4.90 Å². The van der Waals surface area contributed by atoms with Crippen molar-refractivity contribution in [3.8, 4) is 0 Å². The zero-order valence-electron chi connectivity index (χ0n) is 10.6. The minimum Gasteiger partial charge on any atom is -0.480 e. The van der Waals surface area contributed by atoms with Gasteiger partial charge in [-0.2, -0.15) is 0 Å². The molecule has 3 atom stereocenters. The fourth-order valence-corrected chi connectivity index (χ4v) is 2.94. The third-order valence-corrected chi connectivity index (χ3v) is 4.10. The Balaban J connectivity index is 2.09. The van der Waals surface area contributed by atoms with Gasteiger partial charge >= 0.3 is 12.0 Å². The maximum Gasteiger partial charge on any atom is 0.326 e. The number of hydrogen-bond donors (Lipinski definition) is 2. The van der Waals surface area contributed by atoms with Gasteiger partial charge in [0, 0.05) is 13.1 Å². The van der Waals surface area contributed by atoms with Crippen LogP contribution >= 0.6 is 0 Å². The summed E-state index contributed by atoms with van der Waals surface area (Å²) in [4.78, 5) is 26.5. The van der Waals surface area contributed by atoms with E-state index in [4.69, 9.17) is 5.11 Å². The van der Waals surface area contributed by atoms with Crippen LogP contribution in [0, 0.1) is 5.92 Å². The molecule has 0 aromatic carbocycles. The van der Waals surface area contributed by atoms with E-state index >= 15 is 0 Å². The predicted molar refractivity (Wildman–Crippen MR) is 64.1 cm³/mol. The minimum absolute atomic E-state index is 0.0571. The molecule has 2 amide bonds. The SMILES string of the molecule is CC1CCN(C(=O)N2CCCC2C(=O)O)C1CO. The lowest BCUT2D eigenvalue weighted by molar-refractivity contribution is -0.141. The van der Waals surface area contributed by atoms with Crippen molar-refractivity contribution >= 4 is 12.0 Å². The summed E-state index contributed by atoms with van der Waals surface area (Å²) in [6.45, 7) is 3.05. The van der Waals surface area contributed by atoms with Crippen molar-refractivity contribution in [3.05, 3.63) is 0 Å². The molecule has 0 radical (unpaired) electrons. The third-order valence-electron chi connectivity index (χ3n) is 4.10. The number of carbonyl (C=O) groups is 2. The van der Waals surface area contributed by atoms with Crippen LogP contribution in [0.2, 0.25) is 0 Å². The van der Waals surface area contributed by atoms with Crippen LogP contribution in [0.25, 0.3) is 0 Å². The van der Waals surface area contributed by atoms with E-state index in [0.29, 0.717) is 19.5 Å². The van der Waals surface area contributed by atoms with Gasteiger partial charge in [0.25, 0.3) is 0 Å². The molecule has 2 heterocycles. The molecule has 18 heavy (non-hydrogen) atoms. The van der Waals surface area contributed by atoms with Crippen LogP contribution < -0.4 is 0 Å². The van der Waals surface area contributed by atoms with Crippen LogP contribution in [0.4, 0.5) is 4.79 Å². The van der Waals surface area contributed by atoms with Gasteiger partial charge in [0.2, 0.25) is 0 Å². The molecule has 0 aromatic rings. The van der Waals surface area contributed by atoms with Crippen LogP contribution in [0.3, 0.4) is 0 Å². The van der Waals surface area contributed by atoms with Gasteiger partial charge in [-0.25, -0.2) is 9.59 Å². The van der Waals surface area contributed by atoms with Crippen molar-refractivity contribution in [2.24, 2.45) is 5.92 Å². The van der Waals surface area contributed by atoms with Crippen molar-refractivity contribution in [1.82, 2.24) is 9.80 Å². The quantitative estimate of drug-likeness (QED) is 0.747. The highest BCUT2D eigenvalue weighted by Crippen LogP contribution is 2.27. The summed E-state index contributed by atoms with van der Waals surface area (Å²) in [5.41, 5.74) is 0. The van der Waals surface area contributed by atoms with E-state index < -0.39 is 12.0 Å². The number of aliphatic hydroxyl groups excluding tert-OH is 1. The molecular formula is C12H20N2O4. The number of amides is 2. The molecule has 6 heteroatoms. The van der Waals surface area contributed by atoms with Gasteiger partial charge < -0.3 is 20.0 Å². The Morgan fingerprint density at radius 3 is 2.56 bits per heavy atom. The first-order valence-electron chi connectivity index (χ1n) is 6.47. The molecule has 0 aliphatic carbocycles. The summed E-state index contributed by atoms with van der Waals surface area (Å²) < 4.78 is 0. The third kappa shape index (κ3) is 2.16. The van der Waals surface area contributed by atoms with E-state index in [0.717, 1.165) is 12.8 Å². The first-order valence-corrected chi connectivity index (χ1v) is 6.47. The first-order chi connectivity index (χ1) is 8.56. The van der Waals surface area contributed by atoms with Crippen molar-refractivity contribution in [2.45, 2.75) is 38.3 Å². The van der Waals surface area contributed by atoms with Gasteiger partial charge in [-0.15, -0.1) is 0 Å². The largest absolute Gasteiger partial charge is 0.480 e. The molecule has 6 nitrogen and oxygen atoms in total. The van der Waals surface area contributed by atoms with Gasteiger partial charge in [-0.1, -0.05) is 6.92 Å². The highest BCUT2D eigenvalue weighted by molar-refractivity contribution is 5.83. The Kier molecular flexibility index (Phi) is 3.75. The molecule has 2 aliphatic heterocycles. The average molecular weight is 256 g/mol. The zero-order valence-corrected chi connectivity index (χ0v) is 10.6. The number of nitrogens with zero attached hydrogens (tertiary/aromatic N) is 2. The number of carbonyl (C=O) groups excluding carboxylic acids is 1. The van der Waals surface area contributed by atoms with Gasteiger partial charge in [0.05, 0.1) is 12.6 Å². The number of carboxylic acids is 1. The fraction of sp³-hybridized carbons (Fsp3) is 0.833. The molecule has 2 fully saturated rings. The van der Waals surface area contributed by atoms with Gasteiger partial charge in [-0.05, 0) is 25.2 Å². The molecular weight excluding hydrogens is 236 g/mol. The molecule has 0 saturated carbocycles. The summed E-state index contributed by atoms with van der Waals surface area (Å²) in [6.07, 6.45) is 2.12. The Hall–Kier alpha value is -1.30. The molecule has 2 rings (SSSR count). The molecule has 102 valence electrons. The number of urea groups is 1. The number of likely N-dealkylation sites (tertiary alicyclic amines) is 2. The Bertz CT molecular complexity index is 347. The van der Waals surface area contributed by atoms with E-state index in [1.807, 2.05) is 6.92 Å². The van der Waals surface area contributed by atoms with E-state index in [1.165, 1.54) is 4.90 Å². The predicted octanol–water partition coefficient (Wildman–Crippen LogP) is 0.358. The van der Waals surface area contributed by atoms with E-state index in [9.17, 15) is 14.7 Å². The van der Waals surface area contributed by atoms with Crippen molar-refractivity contribution in [1.29, 1.82) is 0 Å². The summed E-state index contributed by atoms with van der Waals surface area (Å²) >= 11 is 0. The second-order valence-corrected chi connectivity index (χ2v) is 5.18. The maximum absolute atomic E-state index is 12.4. The summed E-state index contributed by atoms with van der Waals surface area (Å²) in [5, 5.41) is 18.4. The normalized spacial score (nSPS) is 32.0. The van der Waals surface area contributed by atoms with Gasteiger partial charge in [0.15, 0.2) is 0 Å². The molecule has 2 aliphatic rings. The monoisotopic (exact) mass is 256 g/mol. The van der Waals surface area contributed by atoms with Gasteiger partial charge in [-0.3, -0.25) is 0 Å². The number of aliphatic carboxylic acids is 1. The van der Waals surface area contributed by atoms with Crippen molar-refractivity contribution in [3.63, 3.8) is 0 Å². The second kappa shape index (κ2) is 5.14. The number of hydrogen-bond acceptors (Lipinski definition) is 3. The highest BCUT2D eigenvalue weighted by atomic mass is 16.4. The van der Waals surface area contributed by atoms with Crippen molar-refractivity contribution in [2.75, 3.05) is 19.7 Å². The van der Waals surface area contributed by atoms with Gasteiger partial charge in [0.1, 0.15) is 6.04 Å². The van der Waals surface area contributed by atoms with Crippen molar-refractivity contribution < 1.29 is 19.8 Å². The molecule has 2 N–H and O–H groups in total. The molecule has 0 spiro atoms. The highest BCUT2D eigenvalue weighted by Gasteiger charge is 2.41. The second-order valence-electron chi connectivity index (χ2n) is 5.18. The lowest BCUT2D eigenvalue weighted by Gasteiger charge is -2.31. The lowest BCUT2D eigenvalue weighted by atomic mass is 10.0. The molecule has 0 bridgehead atoms. The van der Waals surface area contributed by atoms with E-state index in [-0.39, 0.29) is 24.6 Å². The van der Waals surface area contributed by atoms with Crippen LogP contribution in [-0.4, -0.2) is 63.8 Å². The van der Waals surface area contributed by atoms with Crippen LogP contribution in [-0.2, 0) is 4.79 Å². The Morgan fingerprint density at radius 2 is 1.94 bits per heavy atom. The first kappa shape index (κ1) is 13.1. The fourth-order valence-electron chi connectivity index (χ4n) is 2.94. The summed E-state index contributed by atoms with van der Waals surface area (Å²) in [6, 6.07) is -1.11. The summed E-state index contributed by atoms with van der Waals surface area (Å²) in [5.74, 6) is -0.668. The Morgan fingerprint density at radius 1 is 1.22 bits per heavy atom. The molecule has 2 saturated heterocycles. The smallest absolute Gasteiger partial charge is 0.326 e. The maximum atomic E-state index is 12.4. The number of carboxylic acid groups (broad SMARTS) is 1. The van der Waals surface area contributed by atoms with Crippen LogP contribution in [0.5, 0.6) is 0 Å². The number of rotatable bonds is 2. The van der Waals surface area contributed by atoms with E-state index in [2.05, 4.69) is 0 Å².